The van der Waals surface area contributed by atoms with Gasteiger partial charge in [0.1, 0.15) is 10.7 Å². The molecule has 0 aliphatic carbocycles. The van der Waals surface area contributed by atoms with E-state index in [4.69, 9.17) is 4.74 Å². The highest BCUT2D eigenvalue weighted by molar-refractivity contribution is 7.09. The van der Waals surface area contributed by atoms with Crippen molar-refractivity contribution in [1.82, 2.24) is 20.1 Å². The van der Waals surface area contributed by atoms with Crippen molar-refractivity contribution in [2.24, 2.45) is 23.7 Å². The molecule has 12 heteroatoms. The van der Waals surface area contributed by atoms with Gasteiger partial charge >= 0.3 is 11.9 Å². The first-order valence-electron chi connectivity index (χ1n) is 20.2. The van der Waals surface area contributed by atoms with Crippen molar-refractivity contribution in [3.63, 3.8) is 0 Å². The molecule has 1 aliphatic heterocycles. The fraction of sp³-hybridized carbons (Fsp3) is 0.674. The maximum atomic E-state index is 14.7. The largest absolute Gasteiger partial charge is 0.481 e. The molecule has 1 aromatic carbocycles. The van der Waals surface area contributed by atoms with Gasteiger partial charge in [-0.25, -0.2) is 4.98 Å². The number of Topliss-reactive ketones (excluding diaryl/α,β-unsaturated/α-hetero) is 1. The zero-order valence-electron chi connectivity index (χ0n) is 34.9. The van der Waals surface area contributed by atoms with Crippen LogP contribution in [0.15, 0.2) is 29.6 Å². The van der Waals surface area contributed by atoms with E-state index in [9.17, 15) is 29.1 Å². The van der Waals surface area contributed by atoms with Crippen LogP contribution in [0.25, 0.3) is 0 Å². The van der Waals surface area contributed by atoms with Crippen LogP contribution >= 0.6 is 11.3 Å². The van der Waals surface area contributed by atoms with Crippen molar-refractivity contribution >= 4 is 40.9 Å². The molecule has 0 radical (unpaired) electrons. The zero-order chi connectivity index (χ0) is 41.0. The van der Waals surface area contributed by atoms with E-state index >= 15 is 0 Å². The first-order valence-corrected chi connectivity index (χ1v) is 21.1. The Bertz CT molecular complexity index is 1590. The number of aryl methyl sites for hydroxylation is 1. The van der Waals surface area contributed by atoms with Crippen LogP contribution in [0.5, 0.6) is 0 Å². The van der Waals surface area contributed by atoms with Gasteiger partial charge in [0, 0.05) is 49.7 Å². The minimum absolute atomic E-state index is 0.0151. The molecule has 0 spiro atoms. The number of carboxylic acid groups (broad SMARTS) is 1. The zero-order valence-corrected chi connectivity index (χ0v) is 35.7. The van der Waals surface area contributed by atoms with Crippen molar-refractivity contribution in [2.75, 3.05) is 20.1 Å². The van der Waals surface area contributed by atoms with E-state index in [1.54, 1.807) is 12.3 Å². The summed E-state index contributed by atoms with van der Waals surface area (Å²) in [6.07, 6.45) is 4.64. The van der Waals surface area contributed by atoms with Gasteiger partial charge in [-0.15, -0.1) is 11.3 Å². The second kappa shape index (κ2) is 21.0. The summed E-state index contributed by atoms with van der Waals surface area (Å²) in [4.78, 5) is 75.4. The topological polar surface area (TPSA) is 146 Å². The van der Waals surface area contributed by atoms with E-state index in [1.807, 2.05) is 63.9 Å². The first-order chi connectivity index (χ1) is 26.0. The number of amides is 2. The Morgan fingerprint density at radius 2 is 1.71 bits per heavy atom. The van der Waals surface area contributed by atoms with Gasteiger partial charge in [0.25, 0.3) is 5.91 Å². The van der Waals surface area contributed by atoms with Gasteiger partial charge in [-0.3, -0.25) is 28.9 Å². The second-order valence-electron chi connectivity index (χ2n) is 16.1. The third kappa shape index (κ3) is 12.2. The number of esters is 1. The lowest BCUT2D eigenvalue weighted by molar-refractivity contribution is -0.150. The molecular formula is C43H66N4O7S. The highest BCUT2D eigenvalue weighted by Gasteiger charge is 2.45. The third-order valence-electron chi connectivity index (χ3n) is 11.8. The Balaban J connectivity index is 1.88. The maximum absolute atomic E-state index is 14.7. The third-order valence-corrected chi connectivity index (χ3v) is 12.7. The molecule has 3 rings (SSSR count). The van der Waals surface area contributed by atoms with Crippen molar-refractivity contribution in [1.29, 1.82) is 0 Å². The summed E-state index contributed by atoms with van der Waals surface area (Å²) in [7, 11) is 2.03. The average Bonchev–Trinajstić information content (AvgIpc) is 3.64. The van der Waals surface area contributed by atoms with Crippen LogP contribution in [0.1, 0.15) is 139 Å². The van der Waals surface area contributed by atoms with Gasteiger partial charge in [0.15, 0.2) is 11.9 Å². The number of carboxylic acids is 1. The predicted octanol–water partition coefficient (Wildman–Crippen LogP) is 7.66. The van der Waals surface area contributed by atoms with Gasteiger partial charge in [-0.05, 0) is 83.4 Å². The molecule has 2 heterocycles. The number of carbonyl (C=O) groups excluding carboxylic acids is 4. The van der Waals surface area contributed by atoms with E-state index in [-0.39, 0.29) is 54.5 Å². The van der Waals surface area contributed by atoms with Crippen LogP contribution in [0.2, 0.25) is 0 Å². The molecule has 1 aliphatic rings. The molecule has 1 unspecified atom stereocenters. The summed E-state index contributed by atoms with van der Waals surface area (Å²) in [5.74, 6) is -3.02. The Hall–Kier alpha value is -3.64. The number of likely N-dealkylation sites (N-methyl/N-ethyl adjacent to an activating group) is 1. The number of thiazole rings is 1. The highest BCUT2D eigenvalue weighted by Crippen LogP contribution is 2.36. The number of ether oxygens (including phenoxy) is 1. The summed E-state index contributed by atoms with van der Waals surface area (Å²) >= 11 is 1.21. The average molecular weight is 783 g/mol. The molecule has 2 N–H and O–H groups in total. The van der Waals surface area contributed by atoms with E-state index in [1.165, 1.54) is 18.3 Å². The number of piperidine rings is 1. The highest BCUT2D eigenvalue weighted by atomic mass is 32.1. The van der Waals surface area contributed by atoms with Crippen molar-refractivity contribution in [3.8, 4) is 0 Å². The molecule has 1 saturated heterocycles. The number of ketones is 1. The molecule has 7 atom stereocenters. The number of hydrogen-bond acceptors (Lipinski definition) is 9. The number of likely N-dealkylation sites (tertiary alicyclic amines) is 1. The summed E-state index contributed by atoms with van der Waals surface area (Å²) in [6.45, 7) is 18.4. The quantitative estimate of drug-likeness (QED) is 0.122. The Kier molecular flexibility index (Phi) is 17.5. The molecule has 11 nitrogen and oxygen atoms in total. The van der Waals surface area contributed by atoms with Gasteiger partial charge in [-0.2, -0.15) is 0 Å². The van der Waals surface area contributed by atoms with Gasteiger partial charge in [0.05, 0.1) is 11.5 Å². The molecule has 0 saturated carbocycles. The molecule has 0 bridgehead atoms. The van der Waals surface area contributed by atoms with Crippen LogP contribution in [-0.2, 0) is 30.3 Å². The molecule has 2 aromatic rings. The number of benzene rings is 1. The monoisotopic (exact) mass is 782 g/mol. The van der Waals surface area contributed by atoms with Crippen molar-refractivity contribution in [3.05, 3.63) is 51.5 Å². The predicted molar refractivity (Wildman–Crippen MR) is 217 cm³/mol. The number of nitrogens with one attached hydrogen (secondary N) is 1. The Labute approximate surface area is 333 Å². The summed E-state index contributed by atoms with van der Waals surface area (Å²) < 4.78 is 5.86. The summed E-state index contributed by atoms with van der Waals surface area (Å²) in [5.41, 5.74) is 1.67. The Morgan fingerprint density at radius 3 is 2.25 bits per heavy atom. The second-order valence-corrected chi connectivity index (χ2v) is 16.9. The van der Waals surface area contributed by atoms with Crippen LogP contribution in [-0.4, -0.2) is 87.2 Å². The summed E-state index contributed by atoms with van der Waals surface area (Å²) in [5, 5.41) is 14.7. The molecule has 1 fully saturated rings. The van der Waals surface area contributed by atoms with Gasteiger partial charge < -0.3 is 20.1 Å². The lowest BCUT2D eigenvalue weighted by atomic mass is 9.75. The summed E-state index contributed by atoms with van der Waals surface area (Å²) in [6, 6.07) is 7.10. The van der Waals surface area contributed by atoms with Gasteiger partial charge in [-0.1, -0.05) is 77.8 Å². The van der Waals surface area contributed by atoms with Crippen molar-refractivity contribution in [2.45, 2.75) is 144 Å². The first kappa shape index (κ1) is 45.7. The maximum Gasteiger partial charge on any atom is 0.306 e. The number of rotatable bonds is 21. The molecular weight excluding hydrogens is 717 g/mol. The molecule has 55 heavy (non-hydrogen) atoms. The SMILES string of the molecule is CC[C@H](C)[C@H](CC(=O)C1(CC)CCCCN1C)C(=O)N(CC)[C@H](C[C@@H](OC(C)=O)c1nc(C(=O)N[C@@H](Cc2ccc(C)cc2)C[C@H](C)C(=O)O)cs1)C(C)C. The van der Waals surface area contributed by atoms with E-state index in [0.717, 1.165) is 43.4 Å². The van der Waals surface area contributed by atoms with E-state index < -0.39 is 47.4 Å². The number of nitrogens with zero attached hydrogens (tertiary/aromatic N) is 3. The standard InChI is InChI=1S/C43H66N4O7S/c1-11-29(7)34(24-38(49)43(12-2)20-14-15-21-46(43)10)41(51)47(13-3)36(27(4)5)25-37(54-31(9)48)40-45-35(26-55-40)39(50)44-33(22-30(8)42(52)53)23-32-18-16-28(6)17-19-32/h16-19,26-27,29-30,33-34,36-37H,11-15,20-25H2,1-10H3,(H,44,50)(H,52,53)/t29-,30-,33+,34-,36+,37+,43?/m0/s1. The number of hydrogen-bond donors (Lipinski definition) is 2. The normalized spacial score (nSPS) is 19.5. The van der Waals surface area contributed by atoms with Crippen LogP contribution in [0.4, 0.5) is 0 Å². The number of aliphatic carboxylic acids is 1. The van der Waals surface area contributed by atoms with Gasteiger partial charge in [0.2, 0.25) is 5.91 Å². The fourth-order valence-electron chi connectivity index (χ4n) is 8.05. The van der Waals surface area contributed by atoms with Crippen LogP contribution < -0.4 is 5.32 Å². The molecule has 306 valence electrons. The van der Waals surface area contributed by atoms with Crippen molar-refractivity contribution < 1.29 is 33.8 Å². The smallest absolute Gasteiger partial charge is 0.306 e. The number of aromatic nitrogens is 1. The van der Waals surface area contributed by atoms with Crippen LogP contribution in [0.3, 0.4) is 0 Å². The van der Waals surface area contributed by atoms with E-state index in [0.29, 0.717) is 24.4 Å². The fourth-order valence-corrected chi connectivity index (χ4v) is 8.89. The number of carbonyl (C=O) groups is 5. The lowest BCUT2D eigenvalue weighted by Gasteiger charge is -2.45. The Morgan fingerprint density at radius 1 is 1.04 bits per heavy atom. The molecule has 2 amide bonds. The minimum atomic E-state index is -0.939. The molecule has 1 aromatic heterocycles. The lowest BCUT2D eigenvalue weighted by Crippen LogP contribution is -2.56. The van der Waals surface area contributed by atoms with E-state index in [2.05, 4.69) is 36.0 Å². The minimum Gasteiger partial charge on any atom is -0.481 e. The van der Waals surface area contributed by atoms with Crippen LogP contribution in [0, 0.1) is 30.6 Å².